The molecule has 3 aromatic rings. The lowest BCUT2D eigenvalue weighted by atomic mass is 10.1. The van der Waals surface area contributed by atoms with Gasteiger partial charge >= 0.3 is 0 Å². The van der Waals surface area contributed by atoms with Crippen LogP contribution in [0.4, 0.5) is 0 Å². The van der Waals surface area contributed by atoms with Gasteiger partial charge in [-0.05, 0) is 37.5 Å². The zero-order valence-corrected chi connectivity index (χ0v) is 13.5. The maximum absolute atomic E-state index is 12.5. The second-order valence-electron chi connectivity index (χ2n) is 5.38. The van der Waals surface area contributed by atoms with Gasteiger partial charge in [-0.25, -0.2) is 4.68 Å². The van der Waals surface area contributed by atoms with Crippen LogP contribution in [-0.2, 0) is 19.4 Å². The van der Waals surface area contributed by atoms with Gasteiger partial charge in [-0.15, -0.1) is 11.6 Å². The number of benzene rings is 1. The van der Waals surface area contributed by atoms with Crippen LogP contribution in [0.2, 0.25) is 0 Å². The molecule has 2 heterocycles. The summed E-state index contributed by atoms with van der Waals surface area (Å²) in [6, 6.07) is 13.5. The van der Waals surface area contributed by atoms with E-state index in [9.17, 15) is 4.79 Å². The Labute approximate surface area is 139 Å². The Balaban J connectivity index is 1.97. The van der Waals surface area contributed by atoms with Gasteiger partial charge in [-0.2, -0.15) is 5.10 Å². The minimum Gasteiger partial charge on any atom is -0.267 e. The molecule has 4 nitrogen and oxygen atoms in total. The highest BCUT2D eigenvalue weighted by Gasteiger charge is 2.10. The maximum Gasteiger partial charge on any atom is 0.274 e. The molecule has 0 radical (unpaired) electrons. The molecular weight excluding hydrogens is 310 g/mol. The van der Waals surface area contributed by atoms with Crippen molar-refractivity contribution in [1.82, 2.24) is 14.8 Å². The molecule has 0 amide bonds. The molecule has 3 rings (SSSR count). The predicted octanol–water partition coefficient (Wildman–Crippen LogP) is 3.21. The van der Waals surface area contributed by atoms with Crippen molar-refractivity contribution in [2.24, 2.45) is 0 Å². The third-order valence-electron chi connectivity index (χ3n) is 3.79. The molecule has 0 saturated carbocycles. The summed E-state index contributed by atoms with van der Waals surface area (Å²) in [7, 11) is 0. The number of hydrogen-bond acceptors (Lipinski definition) is 3. The van der Waals surface area contributed by atoms with Gasteiger partial charge in [0.15, 0.2) is 0 Å². The van der Waals surface area contributed by atoms with Crippen LogP contribution in [0.1, 0.15) is 17.8 Å². The maximum atomic E-state index is 12.5. The Morgan fingerprint density at radius 2 is 1.78 bits per heavy atom. The van der Waals surface area contributed by atoms with E-state index < -0.39 is 0 Å². The molecule has 1 aromatic carbocycles. The van der Waals surface area contributed by atoms with Gasteiger partial charge in [0.2, 0.25) is 0 Å². The van der Waals surface area contributed by atoms with Crippen LogP contribution in [0.5, 0.6) is 0 Å². The van der Waals surface area contributed by atoms with Crippen LogP contribution in [0.3, 0.4) is 0 Å². The van der Waals surface area contributed by atoms with Crippen LogP contribution < -0.4 is 5.56 Å². The molecule has 118 valence electrons. The van der Waals surface area contributed by atoms with Crippen molar-refractivity contribution in [1.29, 1.82) is 0 Å². The minimum absolute atomic E-state index is 0.0488. The van der Waals surface area contributed by atoms with E-state index in [4.69, 9.17) is 11.6 Å². The molecule has 0 aliphatic rings. The van der Waals surface area contributed by atoms with E-state index in [-0.39, 0.29) is 5.56 Å². The normalized spacial score (nSPS) is 11.0. The standard InChI is InChI=1S/C18H18ClN3O/c19-11-5-13-22-18(23)16-8-2-1-7-15(16)17(21-22)10-9-14-6-3-4-12-20-14/h1-4,6-8,12H,5,9-11,13H2. The Morgan fingerprint density at radius 1 is 1.00 bits per heavy atom. The quantitative estimate of drug-likeness (QED) is 0.653. The zero-order valence-electron chi connectivity index (χ0n) is 12.8. The van der Waals surface area contributed by atoms with E-state index in [1.54, 1.807) is 10.9 Å². The molecule has 5 heteroatoms. The van der Waals surface area contributed by atoms with Crippen molar-refractivity contribution in [2.45, 2.75) is 25.8 Å². The van der Waals surface area contributed by atoms with Crippen molar-refractivity contribution in [3.63, 3.8) is 0 Å². The van der Waals surface area contributed by atoms with Crippen LogP contribution in [0, 0.1) is 0 Å². The molecule has 0 unspecified atom stereocenters. The predicted molar refractivity (Wildman–Crippen MR) is 93.0 cm³/mol. The van der Waals surface area contributed by atoms with Crippen molar-refractivity contribution < 1.29 is 0 Å². The second kappa shape index (κ2) is 7.38. The largest absolute Gasteiger partial charge is 0.274 e. The fourth-order valence-corrected chi connectivity index (χ4v) is 2.76. The molecular formula is C18H18ClN3O. The first-order valence-electron chi connectivity index (χ1n) is 7.74. The Hall–Kier alpha value is -2.20. The van der Waals surface area contributed by atoms with E-state index in [2.05, 4.69) is 10.1 Å². The summed E-state index contributed by atoms with van der Waals surface area (Å²) >= 11 is 5.75. The molecule has 23 heavy (non-hydrogen) atoms. The first kappa shape index (κ1) is 15.7. The number of fused-ring (bicyclic) bond motifs is 1. The molecule has 0 atom stereocenters. The van der Waals surface area contributed by atoms with Crippen LogP contribution in [0.25, 0.3) is 10.8 Å². The number of rotatable bonds is 6. The molecule has 0 spiro atoms. The second-order valence-corrected chi connectivity index (χ2v) is 5.76. The topological polar surface area (TPSA) is 47.8 Å². The lowest BCUT2D eigenvalue weighted by molar-refractivity contribution is 0.563. The molecule has 0 saturated heterocycles. The van der Waals surface area contributed by atoms with Gasteiger partial charge in [-0.1, -0.05) is 24.3 Å². The number of aryl methyl sites for hydroxylation is 3. The lowest BCUT2D eigenvalue weighted by Gasteiger charge is -2.10. The third kappa shape index (κ3) is 3.59. The summed E-state index contributed by atoms with van der Waals surface area (Å²) < 4.78 is 1.54. The van der Waals surface area contributed by atoms with Crippen molar-refractivity contribution in [3.8, 4) is 0 Å². The number of halogens is 1. The van der Waals surface area contributed by atoms with Gasteiger partial charge in [0.05, 0.1) is 11.1 Å². The lowest BCUT2D eigenvalue weighted by Crippen LogP contribution is -2.25. The summed E-state index contributed by atoms with van der Waals surface area (Å²) in [4.78, 5) is 16.9. The summed E-state index contributed by atoms with van der Waals surface area (Å²) in [6.07, 6.45) is 4.07. The third-order valence-corrected chi connectivity index (χ3v) is 4.06. The summed E-state index contributed by atoms with van der Waals surface area (Å²) in [5, 5.41) is 6.21. The molecule has 0 aliphatic carbocycles. The minimum atomic E-state index is -0.0488. The average Bonchev–Trinajstić information content (AvgIpc) is 2.61. The fourth-order valence-electron chi connectivity index (χ4n) is 2.64. The highest BCUT2D eigenvalue weighted by molar-refractivity contribution is 6.17. The number of pyridine rings is 1. The van der Waals surface area contributed by atoms with Crippen molar-refractivity contribution >= 4 is 22.4 Å². The number of nitrogens with zero attached hydrogens (tertiary/aromatic N) is 3. The molecule has 0 N–H and O–H groups in total. The van der Waals surface area contributed by atoms with Crippen LogP contribution >= 0.6 is 11.6 Å². The van der Waals surface area contributed by atoms with Gasteiger partial charge in [0.1, 0.15) is 0 Å². The van der Waals surface area contributed by atoms with E-state index in [1.165, 1.54) is 0 Å². The number of alkyl halides is 1. The van der Waals surface area contributed by atoms with E-state index in [1.807, 2.05) is 42.5 Å². The van der Waals surface area contributed by atoms with Crippen molar-refractivity contribution in [2.75, 3.05) is 5.88 Å². The number of aromatic nitrogens is 3. The van der Waals surface area contributed by atoms with E-state index in [0.717, 1.165) is 36.0 Å². The summed E-state index contributed by atoms with van der Waals surface area (Å²) in [6.45, 7) is 0.545. The van der Waals surface area contributed by atoms with E-state index >= 15 is 0 Å². The van der Waals surface area contributed by atoms with Gasteiger partial charge in [-0.3, -0.25) is 9.78 Å². The number of hydrogen-bond donors (Lipinski definition) is 0. The smallest absolute Gasteiger partial charge is 0.267 e. The fraction of sp³-hybridized carbons (Fsp3) is 0.278. The van der Waals surface area contributed by atoms with Gasteiger partial charge in [0.25, 0.3) is 5.56 Å². The Morgan fingerprint density at radius 3 is 2.52 bits per heavy atom. The highest BCUT2D eigenvalue weighted by atomic mass is 35.5. The van der Waals surface area contributed by atoms with Crippen LogP contribution in [0.15, 0.2) is 53.5 Å². The van der Waals surface area contributed by atoms with Gasteiger partial charge in [0, 0.05) is 29.7 Å². The Kier molecular flexibility index (Phi) is 5.03. The first-order chi connectivity index (χ1) is 11.3. The highest BCUT2D eigenvalue weighted by Crippen LogP contribution is 2.15. The summed E-state index contributed by atoms with van der Waals surface area (Å²) in [5.41, 5.74) is 1.91. The average molecular weight is 328 g/mol. The molecule has 2 aromatic heterocycles. The zero-order chi connectivity index (χ0) is 16.1. The Bertz CT molecular complexity index is 846. The van der Waals surface area contributed by atoms with Crippen LogP contribution in [-0.4, -0.2) is 20.6 Å². The first-order valence-corrected chi connectivity index (χ1v) is 8.27. The molecule has 0 bridgehead atoms. The van der Waals surface area contributed by atoms with Crippen molar-refractivity contribution in [3.05, 3.63) is 70.4 Å². The molecule has 0 aliphatic heterocycles. The SMILES string of the molecule is O=c1c2ccccc2c(CCc2ccccn2)nn1CCCCl. The van der Waals surface area contributed by atoms with Gasteiger partial charge < -0.3 is 0 Å². The summed E-state index contributed by atoms with van der Waals surface area (Å²) in [5.74, 6) is 0.518. The monoisotopic (exact) mass is 327 g/mol. The van der Waals surface area contributed by atoms with E-state index in [0.29, 0.717) is 17.8 Å². The molecule has 0 fully saturated rings.